The fourth-order valence-electron chi connectivity index (χ4n) is 1.16. The van der Waals surface area contributed by atoms with Crippen molar-refractivity contribution in [3.63, 3.8) is 0 Å². The van der Waals surface area contributed by atoms with Crippen LogP contribution in [0.4, 0.5) is 0 Å². The molecule has 2 aromatic heterocycles. The molecule has 0 aliphatic heterocycles. The van der Waals surface area contributed by atoms with Crippen molar-refractivity contribution in [1.29, 1.82) is 0 Å². The molecule has 0 radical (unpaired) electrons. The van der Waals surface area contributed by atoms with E-state index in [4.69, 9.17) is 0 Å². The third kappa shape index (κ3) is 0.620. The van der Waals surface area contributed by atoms with Gasteiger partial charge in [-0.15, -0.1) is 0 Å². The number of hydrogen-bond acceptors (Lipinski definition) is 0. The zero-order valence-electron chi connectivity index (χ0n) is 5.83. The molecule has 0 atom stereocenters. The second-order valence-corrected chi connectivity index (χ2v) is 2.40. The molecule has 10 heavy (non-hydrogen) atoms. The van der Waals surface area contributed by atoms with Gasteiger partial charge in [0.15, 0.2) is 6.20 Å². The fourth-order valence-corrected chi connectivity index (χ4v) is 1.16. The van der Waals surface area contributed by atoms with Crippen LogP contribution in [0, 0.1) is 0 Å². The van der Waals surface area contributed by atoms with E-state index in [9.17, 15) is 0 Å². The van der Waals surface area contributed by atoms with Gasteiger partial charge >= 0.3 is 0 Å². The van der Waals surface area contributed by atoms with E-state index >= 15 is 0 Å². The van der Waals surface area contributed by atoms with Crippen molar-refractivity contribution in [3.8, 4) is 0 Å². The van der Waals surface area contributed by atoms with Crippen LogP contribution < -0.4 is 4.57 Å². The first-order valence-corrected chi connectivity index (χ1v) is 3.30. The average molecular weight is 133 g/mol. The Kier molecular flexibility index (Phi) is 1.01. The maximum absolute atomic E-state index is 3.14. The van der Waals surface area contributed by atoms with Crippen molar-refractivity contribution in [1.82, 2.24) is 4.98 Å². The minimum absolute atomic E-state index is 1.19. The van der Waals surface area contributed by atoms with Crippen LogP contribution in [-0.4, -0.2) is 4.98 Å². The summed E-state index contributed by atoms with van der Waals surface area (Å²) in [6, 6.07) is 6.16. The van der Waals surface area contributed by atoms with E-state index in [2.05, 4.69) is 21.7 Å². The summed E-state index contributed by atoms with van der Waals surface area (Å²) in [5.41, 5.74) is 2.42. The summed E-state index contributed by atoms with van der Waals surface area (Å²) in [5, 5.41) is 0. The monoisotopic (exact) mass is 133 g/mol. The number of hydrogen-bond donors (Lipinski definition) is 1. The Bertz CT molecular complexity index is 349. The first kappa shape index (κ1) is 5.47. The molecule has 0 fully saturated rings. The maximum Gasteiger partial charge on any atom is 0.230 e. The number of fused-ring (bicyclic) bond motifs is 1. The molecule has 0 aromatic carbocycles. The summed E-state index contributed by atoms with van der Waals surface area (Å²) in [6.45, 7) is 0. The highest BCUT2D eigenvalue weighted by Gasteiger charge is 2.01. The summed E-state index contributed by atoms with van der Waals surface area (Å²) in [6.07, 6.45) is 3.99. The van der Waals surface area contributed by atoms with Gasteiger partial charge in [-0.2, -0.15) is 4.57 Å². The SMILES string of the molecule is C[n+]1cccc2[nH]ccc21. The number of H-pyrrole nitrogens is 1. The number of nitrogens with zero attached hydrogens (tertiary/aromatic N) is 1. The van der Waals surface area contributed by atoms with Gasteiger partial charge in [0, 0.05) is 18.3 Å². The molecule has 2 rings (SSSR count). The van der Waals surface area contributed by atoms with Crippen LogP contribution in [0.3, 0.4) is 0 Å². The van der Waals surface area contributed by atoms with Gasteiger partial charge in [-0.25, -0.2) is 0 Å². The first-order chi connectivity index (χ1) is 4.88. The highest BCUT2D eigenvalue weighted by Crippen LogP contribution is 2.03. The van der Waals surface area contributed by atoms with Gasteiger partial charge < -0.3 is 4.98 Å². The van der Waals surface area contributed by atoms with E-state index in [0.29, 0.717) is 0 Å². The predicted octanol–water partition coefficient (Wildman–Crippen LogP) is 0.992. The molecule has 2 aromatic rings. The van der Waals surface area contributed by atoms with Crippen molar-refractivity contribution in [2.24, 2.45) is 7.05 Å². The number of aromatic amines is 1. The molecule has 50 valence electrons. The number of nitrogens with one attached hydrogen (secondary N) is 1. The molecule has 2 nitrogen and oxygen atoms in total. The number of aryl methyl sites for hydroxylation is 1. The number of rotatable bonds is 0. The minimum atomic E-state index is 1.19. The molecule has 0 spiro atoms. The largest absolute Gasteiger partial charge is 0.356 e. The number of aromatic nitrogens is 2. The summed E-state index contributed by atoms with van der Waals surface area (Å²) < 4.78 is 2.09. The van der Waals surface area contributed by atoms with Crippen molar-refractivity contribution < 1.29 is 4.57 Å². The highest BCUT2D eigenvalue weighted by molar-refractivity contribution is 5.70. The van der Waals surface area contributed by atoms with E-state index in [1.165, 1.54) is 11.0 Å². The molecule has 2 heterocycles. The quantitative estimate of drug-likeness (QED) is 0.517. The topological polar surface area (TPSA) is 19.7 Å². The molecule has 0 saturated carbocycles. The van der Waals surface area contributed by atoms with Crippen molar-refractivity contribution in [2.75, 3.05) is 0 Å². The van der Waals surface area contributed by atoms with E-state index in [1.54, 1.807) is 0 Å². The Morgan fingerprint density at radius 3 is 3.10 bits per heavy atom. The molecule has 0 aliphatic rings. The summed E-state index contributed by atoms with van der Waals surface area (Å²) >= 11 is 0. The molecule has 0 bridgehead atoms. The standard InChI is InChI=1S/C8H8N2/c1-10-6-2-3-7-8(10)4-5-9-7/h2-6H,1H3/p+1. The molecular formula is C8H9N2+. The Morgan fingerprint density at radius 2 is 2.30 bits per heavy atom. The van der Waals surface area contributed by atoms with Crippen LogP contribution in [0.5, 0.6) is 0 Å². The zero-order chi connectivity index (χ0) is 6.97. The summed E-state index contributed by atoms with van der Waals surface area (Å²) in [4.78, 5) is 3.14. The van der Waals surface area contributed by atoms with Crippen molar-refractivity contribution in [2.45, 2.75) is 0 Å². The van der Waals surface area contributed by atoms with Crippen LogP contribution in [0.1, 0.15) is 0 Å². The molecule has 0 amide bonds. The molecule has 0 aliphatic carbocycles. The van der Waals surface area contributed by atoms with Crippen LogP contribution in [0.2, 0.25) is 0 Å². The summed E-state index contributed by atoms with van der Waals surface area (Å²) in [7, 11) is 2.04. The van der Waals surface area contributed by atoms with Crippen LogP contribution in [-0.2, 0) is 7.05 Å². The Hall–Kier alpha value is -1.31. The molecule has 0 saturated heterocycles. The predicted molar refractivity (Wildman–Crippen MR) is 39.5 cm³/mol. The molecule has 2 heteroatoms. The van der Waals surface area contributed by atoms with Crippen molar-refractivity contribution in [3.05, 3.63) is 30.6 Å². The lowest BCUT2D eigenvalue weighted by atomic mass is 10.4. The average Bonchev–Trinajstić information content (AvgIpc) is 2.36. The molecular weight excluding hydrogens is 124 g/mol. The van der Waals surface area contributed by atoms with Crippen LogP contribution >= 0.6 is 0 Å². The van der Waals surface area contributed by atoms with Gasteiger partial charge in [-0.05, 0) is 6.07 Å². The second-order valence-electron chi connectivity index (χ2n) is 2.40. The molecule has 0 unspecified atom stereocenters. The first-order valence-electron chi connectivity index (χ1n) is 3.30. The lowest BCUT2D eigenvalue weighted by Gasteiger charge is -1.86. The minimum Gasteiger partial charge on any atom is -0.356 e. The maximum atomic E-state index is 3.14. The van der Waals surface area contributed by atoms with E-state index in [-0.39, 0.29) is 0 Å². The Morgan fingerprint density at radius 1 is 1.40 bits per heavy atom. The lowest BCUT2D eigenvalue weighted by Crippen LogP contribution is -2.27. The fraction of sp³-hybridized carbons (Fsp3) is 0.125. The van der Waals surface area contributed by atoms with Gasteiger partial charge in [0.2, 0.25) is 5.52 Å². The van der Waals surface area contributed by atoms with Gasteiger partial charge in [-0.1, -0.05) is 0 Å². The van der Waals surface area contributed by atoms with E-state index in [0.717, 1.165) is 0 Å². The Labute approximate surface area is 59.1 Å². The van der Waals surface area contributed by atoms with Crippen molar-refractivity contribution >= 4 is 11.0 Å². The van der Waals surface area contributed by atoms with E-state index in [1.807, 2.05) is 25.5 Å². The molecule has 1 N–H and O–H groups in total. The van der Waals surface area contributed by atoms with Gasteiger partial charge in [-0.3, -0.25) is 0 Å². The lowest BCUT2D eigenvalue weighted by molar-refractivity contribution is -0.644. The third-order valence-corrected chi connectivity index (χ3v) is 1.71. The van der Waals surface area contributed by atoms with Gasteiger partial charge in [0.25, 0.3) is 0 Å². The smallest absolute Gasteiger partial charge is 0.230 e. The van der Waals surface area contributed by atoms with Gasteiger partial charge in [0.05, 0.1) is 0 Å². The van der Waals surface area contributed by atoms with Crippen LogP contribution in [0.15, 0.2) is 30.6 Å². The second kappa shape index (κ2) is 1.84. The number of pyridine rings is 1. The Balaban J connectivity index is 2.95. The third-order valence-electron chi connectivity index (χ3n) is 1.71. The normalized spacial score (nSPS) is 10.5. The van der Waals surface area contributed by atoms with E-state index < -0.39 is 0 Å². The van der Waals surface area contributed by atoms with Gasteiger partial charge in [0.1, 0.15) is 12.6 Å². The summed E-state index contributed by atoms with van der Waals surface area (Å²) in [5.74, 6) is 0. The zero-order valence-corrected chi connectivity index (χ0v) is 5.83. The van der Waals surface area contributed by atoms with Crippen LogP contribution in [0.25, 0.3) is 11.0 Å². The highest BCUT2D eigenvalue weighted by atomic mass is 14.9.